The first-order chi connectivity index (χ1) is 23.7. The summed E-state index contributed by atoms with van der Waals surface area (Å²) in [4.78, 5) is 26.9. The quantitative estimate of drug-likeness (QED) is 0.221. The van der Waals surface area contributed by atoms with E-state index in [1.54, 1.807) is 14.2 Å². The summed E-state index contributed by atoms with van der Waals surface area (Å²) in [5.74, 6) is 5.93. The predicted molar refractivity (Wildman–Crippen MR) is 222 cm³/mol. The molecule has 8 rings (SSSR count). The molecular formula is C40H49I3O6. The van der Waals surface area contributed by atoms with Crippen LogP contribution in [0, 0.1) is 22.7 Å². The largest absolute Gasteiger partial charge is 0.497 e. The Morgan fingerprint density at radius 1 is 0.837 bits per heavy atom. The van der Waals surface area contributed by atoms with Gasteiger partial charge in [-0.15, -0.1) is 0 Å². The highest BCUT2D eigenvalue weighted by Crippen LogP contribution is 2.58. The van der Waals surface area contributed by atoms with Crippen molar-refractivity contribution < 1.29 is 28.5 Å². The average Bonchev–Trinajstić information content (AvgIpc) is 3.13. The molecule has 0 radical (unpaired) electrons. The normalized spacial score (nSPS) is 28.8. The summed E-state index contributed by atoms with van der Waals surface area (Å²) >= 11 is 6.70. The van der Waals surface area contributed by atoms with Crippen molar-refractivity contribution in [2.45, 2.75) is 77.6 Å². The minimum absolute atomic E-state index is 0.104. The summed E-state index contributed by atoms with van der Waals surface area (Å²) in [6, 6.07) is 12.2. The third-order valence-electron chi connectivity index (χ3n) is 11.8. The van der Waals surface area contributed by atoms with Crippen LogP contribution >= 0.6 is 67.8 Å². The number of methoxy groups -OCH3 is 2. The molecule has 0 saturated heterocycles. The van der Waals surface area contributed by atoms with Gasteiger partial charge in [0.05, 0.1) is 28.7 Å². The van der Waals surface area contributed by atoms with Gasteiger partial charge in [0, 0.05) is 41.9 Å². The molecule has 2 aliphatic heterocycles. The Morgan fingerprint density at radius 2 is 1.53 bits per heavy atom. The van der Waals surface area contributed by atoms with Crippen LogP contribution in [0.3, 0.4) is 0 Å². The summed E-state index contributed by atoms with van der Waals surface area (Å²) in [6.45, 7) is 5.62. The lowest BCUT2D eigenvalue weighted by Gasteiger charge is -2.52. The second kappa shape index (κ2) is 17.0. The zero-order valence-electron chi connectivity index (χ0n) is 29.3. The van der Waals surface area contributed by atoms with Gasteiger partial charge in [0.25, 0.3) is 0 Å². The van der Waals surface area contributed by atoms with Gasteiger partial charge in [-0.1, -0.05) is 86.8 Å². The smallest absolute Gasteiger partial charge is 0.143 e. The molecule has 0 unspecified atom stereocenters. The molecule has 5 atom stereocenters. The van der Waals surface area contributed by atoms with Crippen LogP contribution in [0.2, 0.25) is 0 Å². The van der Waals surface area contributed by atoms with Crippen LogP contribution < -0.4 is 18.9 Å². The Kier molecular flexibility index (Phi) is 13.5. The van der Waals surface area contributed by atoms with Crippen molar-refractivity contribution in [2.24, 2.45) is 22.7 Å². The number of carbonyl (C=O) groups excluding carboxylic acids is 2. The number of ether oxygens (including phenoxy) is 4. The molecule has 2 heterocycles. The number of Topliss-reactive ketones (excluding diaryl/α,β-unsaturated/α-hetero) is 2. The second-order valence-electron chi connectivity index (χ2n) is 14.0. The third kappa shape index (κ3) is 7.60. The molecule has 6 nitrogen and oxygen atoms in total. The Labute approximate surface area is 333 Å². The van der Waals surface area contributed by atoms with Gasteiger partial charge in [0.15, 0.2) is 0 Å². The van der Waals surface area contributed by atoms with Crippen LogP contribution in [0.1, 0.15) is 88.7 Å². The fraction of sp³-hybridized carbons (Fsp3) is 0.550. The van der Waals surface area contributed by atoms with Crippen LogP contribution in [-0.4, -0.2) is 46.4 Å². The summed E-state index contributed by atoms with van der Waals surface area (Å²) in [5.41, 5.74) is 5.87. The first-order valence-electron chi connectivity index (χ1n) is 17.3. The third-order valence-corrected chi connectivity index (χ3v) is 11.8. The SMILES string of the molecule is CI.COc1ccc2c(c1)OCC1=C2CC[C@]2(C)C(=O)CCC=C12.COc1ccc2c(c1)OC[C@H]1[C@@H]2CC[C@]2(C)C(=O)CCC[C@@H]12.ICI. The number of halogens is 3. The van der Waals surface area contributed by atoms with Crippen LogP contribution in [0.25, 0.3) is 5.57 Å². The van der Waals surface area contributed by atoms with Gasteiger partial charge < -0.3 is 18.9 Å². The van der Waals surface area contributed by atoms with E-state index < -0.39 is 0 Å². The Bertz CT molecular complexity index is 1600. The van der Waals surface area contributed by atoms with Crippen molar-refractivity contribution in [1.82, 2.24) is 0 Å². The fourth-order valence-electron chi connectivity index (χ4n) is 9.16. The number of alkyl halides is 3. The molecule has 0 bridgehead atoms. The zero-order valence-corrected chi connectivity index (χ0v) is 35.8. The van der Waals surface area contributed by atoms with E-state index in [4.69, 9.17) is 18.9 Å². The number of rotatable bonds is 2. The number of fused-ring (bicyclic) bond motifs is 9. The monoisotopic (exact) mass is 1010 g/mol. The Hall–Kier alpha value is -1.35. The minimum atomic E-state index is -0.301. The second-order valence-corrected chi connectivity index (χ2v) is 18.4. The maximum atomic E-state index is 12.5. The number of carbonyl (C=O) groups is 2. The number of hydrogen-bond acceptors (Lipinski definition) is 6. The van der Waals surface area contributed by atoms with Gasteiger partial charge in [0.1, 0.15) is 41.2 Å². The van der Waals surface area contributed by atoms with Crippen molar-refractivity contribution in [2.75, 3.05) is 34.8 Å². The molecule has 2 aromatic carbocycles. The number of allylic oxidation sites excluding steroid dienone is 2. The van der Waals surface area contributed by atoms with E-state index in [1.807, 2.05) is 29.2 Å². The Balaban J connectivity index is 0.000000169. The summed E-state index contributed by atoms with van der Waals surface area (Å²) < 4.78 is 23.8. The lowest BCUT2D eigenvalue weighted by Crippen LogP contribution is -2.50. The highest BCUT2D eigenvalue weighted by Gasteiger charge is 2.53. The first kappa shape index (κ1) is 38.9. The molecule has 9 heteroatoms. The molecule has 2 aromatic rings. The molecule has 4 aliphatic carbocycles. The highest BCUT2D eigenvalue weighted by molar-refractivity contribution is 14.2. The lowest BCUT2D eigenvalue weighted by molar-refractivity contribution is -0.141. The number of ketones is 2. The van der Waals surface area contributed by atoms with E-state index in [0.29, 0.717) is 42.3 Å². The molecule has 0 N–H and O–H groups in total. The van der Waals surface area contributed by atoms with Crippen molar-refractivity contribution in [3.63, 3.8) is 0 Å². The van der Waals surface area contributed by atoms with Gasteiger partial charge >= 0.3 is 0 Å². The molecule has 49 heavy (non-hydrogen) atoms. The van der Waals surface area contributed by atoms with E-state index in [-0.39, 0.29) is 10.8 Å². The van der Waals surface area contributed by atoms with Gasteiger partial charge in [0.2, 0.25) is 0 Å². The first-order valence-corrected chi connectivity index (χ1v) is 22.5. The number of benzene rings is 2. The fourth-order valence-corrected chi connectivity index (χ4v) is 9.16. The Morgan fingerprint density at radius 3 is 2.24 bits per heavy atom. The van der Waals surface area contributed by atoms with Crippen LogP contribution in [0.5, 0.6) is 23.0 Å². The van der Waals surface area contributed by atoms with Crippen LogP contribution in [-0.2, 0) is 9.59 Å². The van der Waals surface area contributed by atoms with Crippen molar-refractivity contribution in [3.8, 4) is 23.0 Å². The maximum absolute atomic E-state index is 12.5. The van der Waals surface area contributed by atoms with Crippen LogP contribution in [0.15, 0.2) is 53.6 Å². The predicted octanol–water partition coefficient (Wildman–Crippen LogP) is 10.8. The molecule has 0 aromatic heterocycles. The minimum Gasteiger partial charge on any atom is -0.497 e. The summed E-state index contributed by atoms with van der Waals surface area (Å²) in [5, 5.41) is 0. The number of hydrogen-bond donors (Lipinski definition) is 0. The van der Waals surface area contributed by atoms with E-state index in [1.165, 1.54) is 31.1 Å². The summed E-state index contributed by atoms with van der Waals surface area (Å²) in [6.07, 6.45) is 10.8. The zero-order chi connectivity index (χ0) is 35.3. The van der Waals surface area contributed by atoms with Crippen molar-refractivity contribution in [3.05, 3.63) is 64.7 Å². The highest BCUT2D eigenvalue weighted by atomic mass is 127. The van der Waals surface area contributed by atoms with Crippen LogP contribution in [0.4, 0.5) is 0 Å². The molecule has 6 aliphatic rings. The van der Waals surface area contributed by atoms with Crippen molar-refractivity contribution >= 4 is 84.9 Å². The molecule has 266 valence electrons. The molecular weight excluding hydrogens is 957 g/mol. The van der Waals surface area contributed by atoms with E-state index in [9.17, 15) is 9.59 Å². The molecule has 0 spiro atoms. The van der Waals surface area contributed by atoms with E-state index in [2.05, 4.69) is 99.8 Å². The van der Waals surface area contributed by atoms with Gasteiger partial charge in [-0.3, -0.25) is 9.59 Å². The lowest BCUT2D eigenvalue weighted by atomic mass is 9.52. The summed E-state index contributed by atoms with van der Waals surface area (Å²) in [7, 11) is 3.35. The topological polar surface area (TPSA) is 71.1 Å². The maximum Gasteiger partial charge on any atom is 0.143 e. The van der Waals surface area contributed by atoms with Gasteiger partial charge in [-0.05, 0) is 109 Å². The molecule has 2 fully saturated rings. The molecule has 2 saturated carbocycles. The van der Waals surface area contributed by atoms with Gasteiger partial charge in [-0.25, -0.2) is 0 Å². The van der Waals surface area contributed by atoms with Gasteiger partial charge in [-0.2, -0.15) is 0 Å². The van der Waals surface area contributed by atoms with E-state index >= 15 is 0 Å². The van der Waals surface area contributed by atoms with E-state index in [0.717, 1.165) is 80.1 Å². The van der Waals surface area contributed by atoms with Crippen molar-refractivity contribution in [1.29, 1.82) is 0 Å². The standard InChI is InChI=1S/C19H24O3.C19H20O3.CH2I2.CH3I/c2*1-19-9-8-13-14-7-6-12(21-2)10-17(14)22-11-15(13)16(19)4-3-5-18(19)20;2-1-3;1-2/h6-7,10,13,15-16H,3-5,8-9,11H2,1-2H3;4,6-7,10H,3,5,8-9,11H2,1-2H3;1H2;1H3/t13-,15+,16+,19+;19-;;/m10../s1. The average molecular weight is 1010 g/mol. The molecule has 0 amide bonds.